The van der Waals surface area contributed by atoms with Crippen molar-refractivity contribution in [3.63, 3.8) is 0 Å². The van der Waals surface area contributed by atoms with E-state index in [1.54, 1.807) is 0 Å². The van der Waals surface area contributed by atoms with E-state index in [2.05, 4.69) is 81.5 Å². The number of carbonyl (C=O) groups is 3. The molecule has 0 heterocycles. The number of unbranched alkanes of at least 4 members (excludes halogenated alkanes) is 26. The maximum atomic E-state index is 12.8. The highest BCUT2D eigenvalue weighted by molar-refractivity contribution is 5.71. The van der Waals surface area contributed by atoms with Crippen LogP contribution in [0.15, 0.2) is 60.8 Å². The molecule has 0 spiro atoms. The van der Waals surface area contributed by atoms with Crippen molar-refractivity contribution >= 4 is 17.9 Å². The van der Waals surface area contributed by atoms with Crippen LogP contribution in [0.1, 0.15) is 258 Å². The van der Waals surface area contributed by atoms with Gasteiger partial charge >= 0.3 is 17.9 Å². The Morgan fingerprint density at radius 1 is 0.339 bits per heavy atom. The second-order valence-corrected chi connectivity index (χ2v) is 17.4. The van der Waals surface area contributed by atoms with Crippen LogP contribution in [0, 0.1) is 0 Å². The van der Waals surface area contributed by atoms with E-state index in [0.29, 0.717) is 19.3 Å². The quantitative estimate of drug-likeness (QED) is 0.0262. The van der Waals surface area contributed by atoms with Crippen molar-refractivity contribution in [3.05, 3.63) is 60.8 Å². The predicted octanol–water partition coefficient (Wildman–Crippen LogP) is 17.3. The lowest BCUT2D eigenvalue weighted by Gasteiger charge is -2.18. The lowest BCUT2D eigenvalue weighted by Crippen LogP contribution is -2.30. The van der Waals surface area contributed by atoms with Gasteiger partial charge in [-0.05, 0) is 83.5 Å². The largest absolute Gasteiger partial charge is 0.462 e. The van der Waals surface area contributed by atoms with Gasteiger partial charge in [0.1, 0.15) is 13.2 Å². The van der Waals surface area contributed by atoms with E-state index >= 15 is 0 Å². The summed E-state index contributed by atoms with van der Waals surface area (Å²) in [6, 6.07) is 0. The van der Waals surface area contributed by atoms with E-state index in [-0.39, 0.29) is 31.1 Å². The number of esters is 3. The van der Waals surface area contributed by atoms with E-state index in [1.807, 2.05) is 0 Å². The molecule has 62 heavy (non-hydrogen) atoms. The van der Waals surface area contributed by atoms with E-state index in [4.69, 9.17) is 14.2 Å². The third-order valence-electron chi connectivity index (χ3n) is 11.3. The van der Waals surface area contributed by atoms with Gasteiger partial charge in [-0.15, -0.1) is 0 Å². The van der Waals surface area contributed by atoms with Crippen molar-refractivity contribution < 1.29 is 28.6 Å². The van der Waals surface area contributed by atoms with Crippen molar-refractivity contribution in [3.8, 4) is 0 Å². The number of carbonyl (C=O) groups excluding carboxylic acids is 3. The minimum Gasteiger partial charge on any atom is -0.462 e. The van der Waals surface area contributed by atoms with Gasteiger partial charge in [-0.3, -0.25) is 14.4 Å². The van der Waals surface area contributed by atoms with Crippen molar-refractivity contribution in [2.45, 2.75) is 264 Å². The summed E-state index contributed by atoms with van der Waals surface area (Å²) in [6.45, 7) is 6.49. The first-order valence-electron chi connectivity index (χ1n) is 26.3. The molecular formula is C56H98O6. The van der Waals surface area contributed by atoms with Gasteiger partial charge in [-0.2, -0.15) is 0 Å². The first kappa shape index (κ1) is 59.1. The maximum absolute atomic E-state index is 12.8. The molecule has 358 valence electrons. The summed E-state index contributed by atoms with van der Waals surface area (Å²) < 4.78 is 16.8. The Kier molecular flexibility index (Phi) is 48.4. The van der Waals surface area contributed by atoms with Crippen LogP contribution in [0.4, 0.5) is 0 Å². The molecule has 0 aromatic heterocycles. The SMILES string of the molecule is CC/C=C\C/C=C\C/C=C\CCCCCCCCCC(=O)OCC(COC(=O)CCCCCCCCCCCCCC)OC(=O)CCCCCCC/C=C\C/C=C\CCCCC. The highest BCUT2D eigenvalue weighted by Gasteiger charge is 2.19. The molecular weight excluding hydrogens is 769 g/mol. The first-order valence-corrected chi connectivity index (χ1v) is 26.3. The zero-order valence-corrected chi connectivity index (χ0v) is 40.9. The van der Waals surface area contributed by atoms with Crippen LogP contribution >= 0.6 is 0 Å². The van der Waals surface area contributed by atoms with Gasteiger partial charge in [0.2, 0.25) is 0 Å². The molecule has 0 radical (unpaired) electrons. The first-order chi connectivity index (χ1) is 30.5. The second-order valence-electron chi connectivity index (χ2n) is 17.4. The summed E-state index contributed by atoms with van der Waals surface area (Å²) >= 11 is 0. The minimum atomic E-state index is -0.783. The predicted molar refractivity (Wildman–Crippen MR) is 265 cm³/mol. The van der Waals surface area contributed by atoms with E-state index < -0.39 is 6.10 Å². The standard InChI is InChI=1S/C56H98O6/c1-4-7-10-13-16-19-22-25-27-28-30-31-34-37-40-43-46-49-55(58)61-52-53(51-60-54(57)48-45-42-39-36-33-24-21-18-15-12-9-6-3)62-56(59)50-47-44-41-38-35-32-29-26-23-20-17-14-11-8-5-2/h7,10,16-17,19-20,25-27,29,53H,4-6,8-9,11-15,18,21-24,28,30-52H2,1-3H3/b10-7-,19-16-,20-17-,27-25-,29-26-. The lowest BCUT2D eigenvalue weighted by atomic mass is 10.0. The topological polar surface area (TPSA) is 78.9 Å². The summed E-state index contributed by atoms with van der Waals surface area (Å²) in [4.78, 5) is 38.0. The molecule has 0 rings (SSSR count). The summed E-state index contributed by atoms with van der Waals surface area (Å²) in [5.41, 5.74) is 0. The molecule has 1 unspecified atom stereocenters. The highest BCUT2D eigenvalue weighted by atomic mass is 16.6. The Hall–Kier alpha value is -2.89. The minimum absolute atomic E-state index is 0.0813. The summed E-state index contributed by atoms with van der Waals surface area (Å²) in [6.07, 6.45) is 62.0. The highest BCUT2D eigenvalue weighted by Crippen LogP contribution is 2.15. The zero-order chi connectivity index (χ0) is 45.1. The lowest BCUT2D eigenvalue weighted by molar-refractivity contribution is -0.167. The summed E-state index contributed by atoms with van der Waals surface area (Å²) in [5, 5.41) is 0. The Balaban J connectivity index is 4.40. The number of hydrogen-bond acceptors (Lipinski definition) is 6. The van der Waals surface area contributed by atoms with Crippen LogP contribution in [0.2, 0.25) is 0 Å². The van der Waals surface area contributed by atoms with E-state index in [9.17, 15) is 14.4 Å². The molecule has 0 aromatic carbocycles. The second kappa shape index (κ2) is 50.8. The van der Waals surface area contributed by atoms with E-state index in [0.717, 1.165) is 109 Å². The molecule has 6 heteroatoms. The summed E-state index contributed by atoms with van der Waals surface area (Å²) in [7, 11) is 0. The fourth-order valence-corrected chi connectivity index (χ4v) is 7.31. The van der Waals surface area contributed by atoms with Gasteiger partial charge in [0.25, 0.3) is 0 Å². The van der Waals surface area contributed by atoms with Gasteiger partial charge < -0.3 is 14.2 Å². The van der Waals surface area contributed by atoms with Crippen LogP contribution in [-0.4, -0.2) is 37.2 Å². The molecule has 0 bridgehead atoms. The average Bonchev–Trinajstić information content (AvgIpc) is 3.27. The van der Waals surface area contributed by atoms with Crippen LogP contribution in [0.5, 0.6) is 0 Å². The summed E-state index contributed by atoms with van der Waals surface area (Å²) in [5.74, 6) is -0.900. The molecule has 1 atom stereocenters. The molecule has 0 aliphatic rings. The third-order valence-corrected chi connectivity index (χ3v) is 11.3. The number of ether oxygens (including phenoxy) is 3. The van der Waals surface area contributed by atoms with Crippen LogP contribution < -0.4 is 0 Å². The van der Waals surface area contributed by atoms with Crippen LogP contribution in [0.3, 0.4) is 0 Å². The van der Waals surface area contributed by atoms with Gasteiger partial charge in [0.15, 0.2) is 6.10 Å². The van der Waals surface area contributed by atoms with Crippen molar-refractivity contribution in [1.29, 1.82) is 0 Å². The smallest absolute Gasteiger partial charge is 0.306 e. The normalized spacial score (nSPS) is 12.5. The molecule has 0 aliphatic heterocycles. The van der Waals surface area contributed by atoms with Crippen molar-refractivity contribution in [2.75, 3.05) is 13.2 Å². The molecule has 0 fully saturated rings. The Labute approximate surface area is 383 Å². The average molecular weight is 867 g/mol. The van der Waals surface area contributed by atoms with Crippen molar-refractivity contribution in [1.82, 2.24) is 0 Å². The van der Waals surface area contributed by atoms with Crippen LogP contribution in [-0.2, 0) is 28.6 Å². The Morgan fingerprint density at radius 2 is 0.629 bits per heavy atom. The molecule has 0 aliphatic carbocycles. The van der Waals surface area contributed by atoms with Gasteiger partial charge in [0, 0.05) is 19.3 Å². The van der Waals surface area contributed by atoms with Gasteiger partial charge in [0.05, 0.1) is 0 Å². The van der Waals surface area contributed by atoms with Crippen LogP contribution in [0.25, 0.3) is 0 Å². The number of rotatable bonds is 47. The molecule has 0 saturated carbocycles. The molecule has 0 amide bonds. The zero-order valence-electron chi connectivity index (χ0n) is 40.9. The fraction of sp³-hybridized carbons (Fsp3) is 0.768. The molecule has 0 N–H and O–H groups in total. The Bertz CT molecular complexity index is 1130. The molecule has 0 saturated heterocycles. The van der Waals surface area contributed by atoms with Crippen molar-refractivity contribution in [2.24, 2.45) is 0 Å². The Morgan fingerprint density at radius 3 is 1.02 bits per heavy atom. The third kappa shape index (κ3) is 48.1. The number of allylic oxidation sites excluding steroid dienone is 10. The fourth-order valence-electron chi connectivity index (χ4n) is 7.31. The van der Waals surface area contributed by atoms with Gasteiger partial charge in [-0.1, -0.05) is 216 Å². The molecule has 0 aromatic rings. The molecule has 6 nitrogen and oxygen atoms in total. The number of hydrogen-bond donors (Lipinski definition) is 0. The monoisotopic (exact) mass is 867 g/mol. The van der Waals surface area contributed by atoms with Gasteiger partial charge in [-0.25, -0.2) is 0 Å². The van der Waals surface area contributed by atoms with E-state index in [1.165, 1.54) is 109 Å². The maximum Gasteiger partial charge on any atom is 0.306 e.